The van der Waals surface area contributed by atoms with Crippen molar-refractivity contribution in [1.82, 2.24) is 0 Å². The van der Waals surface area contributed by atoms with Crippen LogP contribution in [0.5, 0.6) is 11.5 Å². The number of ether oxygens (including phenoxy) is 2. The van der Waals surface area contributed by atoms with Crippen LogP contribution in [-0.4, -0.2) is 0 Å². The zero-order valence-corrected chi connectivity index (χ0v) is 19.7. The molecule has 0 heterocycles. The lowest BCUT2D eigenvalue weighted by atomic mass is 9.88. The van der Waals surface area contributed by atoms with E-state index in [9.17, 15) is 0 Å². The van der Waals surface area contributed by atoms with Crippen molar-refractivity contribution >= 4 is 0 Å². The molecule has 5 rings (SSSR count). The summed E-state index contributed by atoms with van der Waals surface area (Å²) in [4.78, 5) is 0. The van der Waals surface area contributed by atoms with Crippen molar-refractivity contribution in [3.8, 4) is 22.6 Å². The topological polar surface area (TPSA) is 18.5 Å². The molecule has 170 valence electrons. The minimum Gasteiger partial charge on any atom is -0.489 e. The van der Waals surface area contributed by atoms with Crippen LogP contribution < -0.4 is 9.47 Å². The molecule has 0 aliphatic heterocycles. The van der Waals surface area contributed by atoms with Crippen LogP contribution >= 0.6 is 0 Å². The molecule has 0 atom stereocenters. The highest BCUT2D eigenvalue weighted by Crippen LogP contribution is 2.51. The van der Waals surface area contributed by atoms with Crippen LogP contribution in [0.25, 0.3) is 11.1 Å². The average Bonchev–Trinajstić information content (AvgIpc) is 3.68. The van der Waals surface area contributed by atoms with E-state index in [1.54, 1.807) is 0 Å². The third-order valence-corrected chi connectivity index (χ3v) is 6.68. The van der Waals surface area contributed by atoms with Crippen LogP contribution in [-0.2, 0) is 18.6 Å². The summed E-state index contributed by atoms with van der Waals surface area (Å²) < 4.78 is 12.3. The van der Waals surface area contributed by atoms with Crippen molar-refractivity contribution < 1.29 is 9.47 Å². The van der Waals surface area contributed by atoms with Crippen LogP contribution in [0, 0.1) is 6.92 Å². The van der Waals surface area contributed by atoms with Gasteiger partial charge in [0, 0.05) is 11.5 Å². The van der Waals surface area contributed by atoms with Gasteiger partial charge in [0.05, 0.1) is 0 Å². The number of aryl methyl sites for hydroxylation is 1. The molecule has 0 unspecified atom stereocenters. The van der Waals surface area contributed by atoms with Crippen LogP contribution in [0.3, 0.4) is 0 Å². The number of allylic oxidation sites excluding steroid dienone is 1. The maximum atomic E-state index is 6.21. The fourth-order valence-electron chi connectivity index (χ4n) is 4.70. The highest BCUT2D eigenvalue weighted by molar-refractivity contribution is 5.63. The first-order valence-corrected chi connectivity index (χ1v) is 11.9. The summed E-state index contributed by atoms with van der Waals surface area (Å²) in [5.41, 5.74) is 7.60. The van der Waals surface area contributed by atoms with Gasteiger partial charge in [-0.25, -0.2) is 0 Å². The molecule has 34 heavy (non-hydrogen) atoms. The van der Waals surface area contributed by atoms with Gasteiger partial charge < -0.3 is 9.47 Å². The minimum atomic E-state index is 0.128. The molecular formula is C32H30O2. The largest absolute Gasteiger partial charge is 0.489 e. The van der Waals surface area contributed by atoms with Crippen molar-refractivity contribution in [3.63, 3.8) is 0 Å². The summed E-state index contributed by atoms with van der Waals surface area (Å²) in [6.45, 7) is 7.32. The zero-order valence-electron chi connectivity index (χ0n) is 19.7. The van der Waals surface area contributed by atoms with E-state index in [-0.39, 0.29) is 5.41 Å². The molecule has 0 spiro atoms. The lowest BCUT2D eigenvalue weighted by molar-refractivity contribution is 0.289. The molecule has 0 saturated heterocycles. The smallest absolute Gasteiger partial charge is 0.123 e. The Hall–Kier alpha value is -3.78. The highest BCUT2D eigenvalue weighted by atomic mass is 16.5. The molecule has 0 amide bonds. The Morgan fingerprint density at radius 2 is 1.41 bits per heavy atom. The lowest BCUT2D eigenvalue weighted by Crippen LogP contribution is -2.11. The van der Waals surface area contributed by atoms with Gasteiger partial charge in [-0.3, -0.25) is 0 Å². The second-order valence-corrected chi connectivity index (χ2v) is 9.09. The van der Waals surface area contributed by atoms with Crippen molar-refractivity contribution in [1.29, 1.82) is 0 Å². The third kappa shape index (κ3) is 4.77. The lowest BCUT2D eigenvalue weighted by Gasteiger charge is -2.19. The van der Waals surface area contributed by atoms with E-state index >= 15 is 0 Å². The Kier molecular flexibility index (Phi) is 6.22. The van der Waals surface area contributed by atoms with Gasteiger partial charge in [0.25, 0.3) is 0 Å². The first kappa shape index (κ1) is 22.0. The van der Waals surface area contributed by atoms with Gasteiger partial charge in [0.2, 0.25) is 0 Å². The molecular weight excluding hydrogens is 416 g/mol. The summed E-state index contributed by atoms with van der Waals surface area (Å²) in [5.74, 6) is 1.61. The second kappa shape index (κ2) is 9.61. The molecule has 1 aliphatic carbocycles. The summed E-state index contributed by atoms with van der Waals surface area (Å²) in [7, 11) is 0. The first-order chi connectivity index (χ1) is 16.7. The van der Waals surface area contributed by atoms with Gasteiger partial charge in [-0.1, -0.05) is 78.9 Å². The van der Waals surface area contributed by atoms with Crippen LogP contribution in [0.2, 0.25) is 0 Å². The minimum absolute atomic E-state index is 0.128. The van der Waals surface area contributed by atoms with Gasteiger partial charge in [-0.05, 0) is 71.3 Å². The summed E-state index contributed by atoms with van der Waals surface area (Å²) in [6.07, 6.45) is 4.45. The Morgan fingerprint density at radius 1 is 0.735 bits per heavy atom. The Labute approximate surface area is 202 Å². The summed E-state index contributed by atoms with van der Waals surface area (Å²) >= 11 is 0. The summed E-state index contributed by atoms with van der Waals surface area (Å²) in [6, 6.07) is 33.3. The van der Waals surface area contributed by atoms with Crippen LogP contribution in [0.4, 0.5) is 0 Å². The fourth-order valence-corrected chi connectivity index (χ4v) is 4.70. The Morgan fingerprint density at radius 3 is 2.15 bits per heavy atom. The van der Waals surface area contributed by atoms with E-state index in [1.807, 2.05) is 30.3 Å². The van der Waals surface area contributed by atoms with E-state index < -0.39 is 0 Å². The normalized spacial score (nSPS) is 13.8. The number of benzene rings is 4. The molecule has 0 radical (unpaired) electrons. The Bertz CT molecular complexity index is 1290. The van der Waals surface area contributed by atoms with E-state index in [1.165, 1.54) is 40.7 Å². The molecule has 0 bridgehead atoms. The van der Waals surface area contributed by atoms with Gasteiger partial charge in [0.15, 0.2) is 0 Å². The summed E-state index contributed by atoms with van der Waals surface area (Å²) in [5, 5.41) is 0. The Balaban J connectivity index is 1.25. The molecule has 1 fully saturated rings. The molecule has 2 heteroatoms. The maximum absolute atomic E-state index is 6.21. The number of rotatable bonds is 9. The fraction of sp³-hybridized carbons (Fsp3) is 0.188. The molecule has 2 nitrogen and oxygen atoms in total. The molecule has 0 aromatic heterocycles. The van der Waals surface area contributed by atoms with Crippen LogP contribution in [0.1, 0.15) is 35.1 Å². The molecule has 4 aromatic rings. The number of hydrogen-bond donors (Lipinski definition) is 0. The van der Waals surface area contributed by atoms with Gasteiger partial charge in [-0.15, -0.1) is 6.58 Å². The second-order valence-electron chi connectivity index (χ2n) is 9.09. The first-order valence-electron chi connectivity index (χ1n) is 11.9. The number of hydrogen-bond acceptors (Lipinski definition) is 2. The van der Waals surface area contributed by atoms with E-state index in [4.69, 9.17) is 9.47 Å². The quantitative estimate of drug-likeness (QED) is 0.242. The van der Waals surface area contributed by atoms with Crippen molar-refractivity contribution in [3.05, 3.63) is 132 Å². The molecule has 1 saturated carbocycles. The van der Waals surface area contributed by atoms with Crippen molar-refractivity contribution in [2.75, 3.05) is 0 Å². The van der Waals surface area contributed by atoms with Crippen molar-refractivity contribution in [2.24, 2.45) is 0 Å². The molecule has 0 N–H and O–H groups in total. The third-order valence-electron chi connectivity index (χ3n) is 6.68. The standard InChI is InChI=1S/C32H30O2/c1-3-32(18-19-32)31-24(2)10-7-15-28(31)23-34-30-17-9-16-29(21-30)33-22-25-11-8-14-27(20-25)26-12-5-4-6-13-26/h3-17,20-21H,1,18-19,22-23H2,2H3. The van der Waals surface area contributed by atoms with Crippen LogP contribution in [0.15, 0.2) is 110 Å². The van der Waals surface area contributed by atoms with E-state index in [0.29, 0.717) is 13.2 Å². The van der Waals surface area contributed by atoms with Crippen molar-refractivity contribution in [2.45, 2.75) is 38.4 Å². The zero-order chi connectivity index (χ0) is 23.4. The van der Waals surface area contributed by atoms with Gasteiger partial charge in [0.1, 0.15) is 24.7 Å². The predicted molar refractivity (Wildman–Crippen MR) is 139 cm³/mol. The van der Waals surface area contributed by atoms with E-state index in [0.717, 1.165) is 17.1 Å². The SMILES string of the molecule is C=CC1(c2c(C)cccc2COc2cccc(OCc3cccc(-c4ccccc4)c3)c2)CC1. The molecule has 4 aromatic carbocycles. The van der Waals surface area contributed by atoms with Gasteiger partial charge in [-0.2, -0.15) is 0 Å². The highest BCUT2D eigenvalue weighted by Gasteiger charge is 2.43. The monoisotopic (exact) mass is 446 g/mol. The van der Waals surface area contributed by atoms with Gasteiger partial charge >= 0.3 is 0 Å². The average molecular weight is 447 g/mol. The van der Waals surface area contributed by atoms with E-state index in [2.05, 4.69) is 86.3 Å². The molecule has 1 aliphatic rings. The predicted octanol–water partition coefficient (Wildman–Crippen LogP) is 8.04. The maximum Gasteiger partial charge on any atom is 0.123 e.